The van der Waals surface area contributed by atoms with Crippen molar-refractivity contribution < 1.29 is 0 Å². The summed E-state index contributed by atoms with van der Waals surface area (Å²) in [6.07, 6.45) is 1.82. The summed E-state index contributed by atoms with van der Waals surface area (Å²) in [5.74, 6) is 0. The summed E-state index contributed by atoms with van der Waals surface area (Å²) in [5.41, 5.74) is 11.7. The van der Waals surface area contributed by atoms with Gasteiger partial charge < -0.3 is 5.73 Å². The van der Waals surface area contributed by atoms with E-state index in [1.807, 2.05) is 6.07 Å². The van der Waals surface area contributed by atoms with Crippen molar-refractivity contribution >= 4 is 0 Å². The Bertz CT molecular complexity index is 521. The second-order valence-electron chi connectivity index (χ2n) is 5.86. The Balaban J connectivity index is 2.17. The van der Waals surface area contributed by atoms with E-state index in [0.29, 0.717) is 0 Å². The number of rotatable bonds is 4. The molecule has 1 atom stereocenters. The highest BCUT2D eigenvalue weighted by Gasteiger charge is 2.21. The van der Waals surface area contributed by atoms with Crippen LogP contribution < -0.4 is 5.73 Å². The van der Waals surface area contributed by atoms with Crippen molar-refractivity contribution in [2.45, 2.75) is 39.2 Å². The highest BCUT2D eigenvalue weighted by Crippen LogP contribution is 2.21. The molecule has 0 radical (unpaired) electrons. The second kappa shape index (κ2) is 5.58. The molecule has 0 aromatic heterocycles. The van der Waals surface area contributed by atoms with Crippen molar-refractivity contribution in [3.05, 3.63) is 70.8 Å². The quantitative estimate of drug-likeness (QED) is 0.881. The van der Waals surface area contributed by atoms with Gasteiger partial charge in [-0.05, 0) is 55.9 Å². The molecule has 2 aromatic rings. The molecule has 2 aromatic carbocycles. The van der Waals surface area contributed by atoms with Crippen molar-refractivity contribution in [2.75, 3.05) is 0 Å². The molecule has 1 unspecified atom stereocenters. The molecule has 0 heterocycles. The molecule has 0 bridgehead atoms. The first-order chi connectivity index (χ1) is 8.98. The molecule has 2 rings (SSSR count). The van der Waals surface area contributed by atoms with Crippen LogP contribution in [0.4, 0.5) is 0 Å². The van der Waals surface area contributed by atoms with E-state index >= 15 is 0 Å². The fourth-order valence-corrected chi connectivity index (χ4v) is 2.66. The third kappa shape index (κ3) is 3.68. The molecule has 0 fully saturated rings. The standard InChI is InChI=1S/C18H23N/c1-14-8-7-9-15(2)17(14)13-18(3,19)12-16-10-5-4-6-11-16/h4-11H,12-13,19H2,1-3H3. The van der Waals surface area contributed by atoms with Crippen LogP contribution in [0, 0.1) is 13.8 Å². The highest BCUT2D eigenvalue weighted by molar-refractivity contribution is 5.35. The summed E-state index contributed by atoms with van der Waals surface area (Å²) in [6.45, 7) is 6.48. The molecule has 0 aliphatic rings. The number of benzene rings is 2. The van der Waals surface area contributed by atoms with Gasteiger partial charge in [-0.1, -0.05) is 48.5 Å². The molecular formula is C18H23N. The smallest absolute Gasteiger partial charge is 0.0207 e. The number of hydrogen-bond acceptors (Lipinski definition) is 1. The van der Waals surface area contributed by atoms with E-state index in [-0.39, 0.29) is 5.54 Å². The van der Waals surface area contributed by atoms with Crippen LogP contribution in [-0.2, 0) is 12.8 Å². The maximum absolute atomic E-state index is 6.52. The zero-order valence-electron chi connectivity index (χ0n) is 12.1. The summed E-state index contributed by atoms with van der Waals surface area (Å²) in [4.78, 5) is 0. The molecule has 0 saturated carbocycles. The van der Waals surface area contributed by atoms with Crippen LogP contribution in [0.3, 0.4) is 0 Å². The minimum absolute atomic E-state index is 0.210. The van der Waals surface area contributed by atoms with Crippen LogP contribution in [0.25, 0.3) is 0 Å². The van der Waals surface area contributed by atoms with Gasteiger partial charge in [-0.25, -0.2) is 0 Å². The Labute approximate surface area is 116 Å². The van der Waals surface area contributed by atoms with E-state index in [9.17, 15) is 0 Å². The largest absolute Gasteiger partial charge is 0.325 e. The van der Waals surface area contributed by atoms with Crippen LogP contribution in [0.5, 0.6) is 0 Å². The van der Waals surface area contributed by atoms with Gasteiger partial charge in [-0.3, -0.25) is 0 Å². The maximum atomic E-state index is 6.52. The Morgan fingerprint density at radius 3 is 2.00 bits per heavy atom. The molecule has 19 heavy (non-hydrogen) atoms. The van der Waals surface area contributed by atoms with Gasteiger partial charge in [0, 0.05) is 5.54 Å². The van der Waals surface area contributed by atoms with Crippen molar-refractivity contribution in [2.24, 2.45) is 5.73 Å². The number of hydrogen-bond donors (Lipinski definition) is 1. The lowest BCUT2D eigenvalue weighted by atomic mass is 9.84. The van der Waals surface area contributed by atoms with Crippen LogP contribution in [0.1, 0.15) is 29.2 Å². The molecule has 2 N–H and O–H groups in total. The van der Waals surface area contributed by atoms with Crippen molar-refractivity contribution in [3.8, 4) is 0 Å². The van der Waals surface area contributed by atoms with Crippen LogP contribution in [0.15, 0.2) is 48.5 Å². The van der Waals surface area contributed by atoms with Gasteiger partial charge in [0.15, 0.2) is 0 Å². The average Bonchev–Trinajstić information content (AvgIpc) is 2.35. The molecule has 0 saturated heterocycles. The summed E-state index contributed by atoms with van der Waals surface area (Å²) in [7, 11) is 0. The summed E-state index contributed by atoms with van der Waals surface area (Å²) in [6, 6.07) is 16.9. The van der Waals surface area contributed by atoms with Gasteiger partial charge in [0.1, 0.15) is 0 Å². The average molecular weight is 253 g/mol. The zero-order valence-corrected chi connectivity index (χ0v) is 12.1. The predicted molar refractivity (Wildman–Crippen MR) is 82.4 cm³/mol. The minimum Gasteiger partial charge on any atom is -0.325 e. The number of aryl methyl sites for hydroxylation is 2. The zero-order chi connectivity index (χ0) is 13.9. The summed E-state index contributed by atoms with van der Waals surface area (Å²) in [5, 5.41) is 0. The normalized spacial score (nSPS) is 14.1. The Morgan fingerprint density at radius 1 is 0.842 bits per heavy atom. The van der Waals surface area contributed by atoms with Gasteiger partial charge >= 0.3 is 0 Å². The molecule has 1 nitrogen and oxygen atoms in total. The van der Waals surface area contributed by atoms with Crippen molar-refractivity contribution in [1.29, 1.82) is 0 Å². The fraction of sp³-hybridized carbons (Fsp3) is 0.333. The summed E-state index contributed by atoms with van der Waals surface area (Å²) < 4.78 is 0. The van der Waals surface area contributed by atoms with E-state index in [2.05, 4.69) is 63.2 Å². The molecule has 0 spiro atoms. The van der Waals surface area contributed by atoms with Crippen molar-refractivity contribution in [1.82, 2.24) is 0 Å². The predicted octanol–water partition coefficient (Wildman–Crippen LogP) is 3.81. The third-order valence-electron chi connectivity index (χ3n) is 3.68. The highest BCUT2D eigenvalue weighted by atomic mass is 14.7. The topological polar surface area (TPSA) is 26.0 Å². The van der Waals surface area contributed by atoms with Gasteiger partial charge in [-0.15, -0.1) is 0 Å². The Morgan fingerprint density at radius 2 is 1.42 bits per heavy atom. The van der Waals surface area contributed by atoms with Crippen LogP contribution >= 0.6 is 0 Å². The van der Waals surface area contributed by atoms with E-state index in [1.54, 1.807) is 0 Å². The first kappa shape index (κ1) is 13.8. The third-order valence-corrected chi connectivity index (χ3v) is 3.68. The van der Waals surface area contributed by atoms with Crippen molar-refractivity contribution in [3.63, 3.8) is 0 Å². The maximum Gasteiger partial charge on any atom is 0.0207 e. The molecule has 0 aliphatic carbocycles. The lowest BCUT2D eigenvalue weighted by Crippen LogP contribution is -2.41. The van der Waals surface area contributed by atoms with E-state index in [1.165, 1.54) is 22.3 Å². The Kier molecular flexibility index (Phi) is 4.06. The minimum atomic E-state index is -0.210. The van der Waals surface area contributed by atoms with Gasteiger partial charge in [-0.2, -0.15) is 0 Å². The van der Waals surface area contributed by atoms with Crippen LogP contribution in [-0.4, -0.2) is 5.54 Å². The second-order valence-corrected chi connectivity index (χ2v) is 5.86. The molecule has 1 heteroatoms. The van der Waals surface area contributed by atoms with Gasteiger partial charge in [0.2, 0.25) is 0 Å². The van der Waals surface area contributed by atoms with Gasteiger partial charge in [0.25, 0.3) is 0 Å². The molecular weight excluding hydrogens is 230 g/mol. The number of nitrogens with two attached hydrogens (primary N) is 1. The molecule has 0 amide bonds. The molecule has 0 aliphatic heterocycles. The fourth-order valence-electron chi connectivity index (χ4n) is 2.66. The lowest BCUT2D eigenvalue weighted by Gasteiger charge is -2.27. The lowest BCUT2D eigenvalue weighted by molar-refractivity contribution is 0.461. The van der Waals surface area contributed by atoms with E-state index in [4.69, 9.17) is 5.73 Å². The van der Waals surface area contributed by atoms with E-state index < -0.39 is 0 Å². The van der Waals surface area contributed by atoms with E-state index in [0.717, 1.165) is 12.8 Å². The van der Waals surface area contributed by atoms with Crippen LogP contribution in [0.2, 0.25) is 0 Å². The first-order valence-corrected chi connectivity index (χ1v) is 6.86. The SMILES string of the molecule is Cc1cccc(C)c1CC(C)(N)Cc1ccccc1. The summed E-state index contributed by atoms with van der Waals surface area (Å²) >= 11 is 0. The monoisotopic (exact) mass is 253 g/mol. The molecule has 100 valence electrons. The van der Waals surface area contributed by atoms with Gasteiger partial charge in [0.05, 0.1) is 0 Å². The Hall–Kier alpha value is -1.60. The first-order valence-electron chi connectivity index (χ1n) is 6.86.